The first kappa shape index (κ1) is 42.6. The Balaban J connectivity index is 1.48. The molecular weight excluding hydrogens is 690 g/mol. The standard InChI is InChI=1S/C42H57N3O9/c1-4-7-22-49-25-34(46)28-52-37-16-10-31(11-17-37)40-43-41(32-12-18-38(19-13-32)53-29-35(47)26-50-23-8-5-2)45-42(44-40)33-14-20-39(21-15-33)54-30-36(48)27-51-24-9-6-3/h10-21,34-36,46-48H,4-9,22-30H2,1-3H3. The molecule has 0 bridgehead atoms. The summed E-state index contributed by atoms with van der Waals surface area (Å²) >= 11 is 0. The fourth-order valence-electron chi connectivity index (χ4n) is 4.98. The van der Waals surface area contributed by atoms with Crippen LogP contribution in [0, 0.1) is 0 Å². The average molecular weight is 748 g/mol. The summed E-state index contributed by atoms with van der Waals surface area (Å²) in [5.41, 5.74) is 2.25. The molecule has 0 radical (unpaired) electrons. The van der Waals surface area contributed by atoms with Crippen LogP contribution in [0.4, 0.5) is 0 Å². The number of hydrogen-bond acceptors (Lipinski definition) is 12. The van der Waals surface area contributed by atoms with Gasteiger partial charge in [0.25, 0.3) is 0 Å². The van der Waals surface area contributed by atoms with E-state index in [1.54, 1.807) is 0 Å². The van der Waals surface area contributed by atoms with E-state index in [0.29, 0.717) is 54.5 Å². The van der Waals surface area contributed by atoms with Crippen molar-refractivity contribution in [3.8, 4) is 51.4 Å². The van der Waals surface area contributed by atoms with E-state index in [0.717, 1.165) is 55.2 Å². The number of aromatic nitrogens is 3. The van der Waals surface area contributed by atoms with Gasteiger partial charge in [0.05, 0.1) is 19.8 Å². The lowest BCUT2D eigenvalue weighted by Gasteiger charge is -2.14. The van der Waals surface area contributed by atoms with Crippen molar-refractivity contribution < 1.29 is 43.7 Å². The highest BCUT2D eigenvalue weighted by molar-refractivity contribution is 5.67. The monoisotopic (exact) mass is 747 g/mol. The molecule has 3 aromatic carbocycles. The van der Waals surface area contributed by atoms with E-state index in [-0.39, 0.29) is 39.6 Å². The van der Waals surface area contributed by atoms with Crippen LogP contribution >= 0.6 is 0 Å². The summed E-state index contributed by atoms with van der Waals surface area (Å²) in [5.74, 6) is 3.18. The summed E-state index contributed by atoms with van der Waals surface area (Å²) in [6.07, 6.45) is 3.79. The molecule has 0 aliphatic carbocycles. The quantitative estimate of drug-likeness (QED) is 0.0568. The number of rotatable bonds is 27. The number of aliphatic hydroxyl groups is 3. The van der Waals surface area contributed by atoms with Crippen molar-refractivity contribution in [2.24, 2.45) is 0 Å². The van der Waals surface area contributed by atoms with Gasteiger partial charge in [-0.05, 0) is 92.1 Å². The zero-order valence-corrected chi connectivity index (χ0v) is 31.9. The number of benzene rings is 3. The highest BCUT2D eigenvalue weighted by Crippen LogP contribution is 2.28. The maximum atomic E-state index is 10.2. The molecule has 54 heavy (non-hydrogen) atoms. The minimum atomic E-state index is -0.729. The number of hydrogen-bond donors (Lipinski definition) is 3. The molecule has 1 heterocycles. The Morgan fingerprint density at radius 3 is 0.907 bits per heavy atom. The van der Waals surface area contributed by atoms with Crippen LogP contribution < -0.4 is 14.2 Å². The second-order valence-corrected chi connectivity index (χ2v) is 13.1. The first-order chi connectivity index (χ1) is 26.4. The van der Waals surface area contributed by atoms with Crippen molar-refractivity contribution in [3.63, 3.8) is 0 Å². The molecule has 3 atom stereocenters. The lowest BCUT2D eigenvalue weighted by Crippen LogP contribution is -2.23. The highest BCUT2D eigenvalue weighted by Gasteiger charge is 2.15. The molecule has 0 fully saturated rings. The van der Waals surface area contributed by atoms with Gasteiger partial charge in [-0.1, -0.05) is 40.0 Å². The number of unbranched alkanes of at least 4 members (excludes halogenated alkanes) is 3. The van der Waals surface area contributed by atoms with Gasteiger partial charge in [-0.2, -0.15) is 0 Å². The first-order valence-electron chi connectivity index (χ1n) is 19.1. The molecule has 12 heteroatoms. The van der Waals surface area contributed by atoms with Gasteiger partial charge in [0.15, 0.2) is 17.5 Å². The lowest BCUT2D eigenvalue weighted by molar-refractivity contribution is 0.0113. The summed E-state index contributed by atoms with van der Waals surface area (Å²) < 4.78 is 33.9. The summed E-state index contributed by atoms with van der Waals surface area (Å²) in [6.45, 7) is 9.14. The van der Waals surface area contributed by atoms with Gasteiger partial charge in [0.1, 0.15) is 55.4 Å². The predicted octanol–water partition coefficient (Wildman–Crippen LogP) is 6.54. The van der Waals surface area contributed by atoms with Gasteiger partial charge in [-0.25, -0.2) is 15.0 Å². The Morgan fingerprint density at radius 1 is 0.407 bits per heavy atom. The second-order valence-electron chi connectivity index (χ2n) is 13.1. The number of aliphatic hydroxyl groups excluding tert-OH is 3. The van der Waals surface area contributed by atoms with Crippen LogP contribution in [-0.2, 0) is 14.2 Å². The van der Waals surface area contributed by atoms with Gasteiger partial charge in [-0.15, -0.1) is 0 Å². The van der Waals surface area contributed by atoms with Crippen molar-refractivity contribution >= 4 is 0 Å². The van der Waals surface area contributed by atoms with E-state index in [9.17, 15) is 15.3 Å². The molecule has 0 spiro atoms. The van der Waals surface area contributed by atoms with Gasteiger partial charge < -0.3 is 43.7 Å². The Bertz CT molecular complexity index is 1390. The van der Waals surface area contributed by atoms with Gasteiger partial charge in [0.2, 0.25) is 0 Å². The fraction of sp³-hybridized carbons (Fsp3) is 0.500. The minimum Gasteiger partial charge on any atom is -0.491 e. The van der Waals surface area contributed by atoms with E-state index in [1.807, 2.05) is 72.8 Å². The van der Waals surface area contributed by atoms with Crippen LogP contribution in [0.1, 0.15) is 59.3 Å². The highest BCUT2D eigenvalue weighted by atomic mass is 16.5. The van der Waals surface area contributed by atoms with Crippen molar-refractivity contribution in [2.45, 2.75) is 77.6 Å². The zero-order valence-electron chi connectivity index (χ0n) is 31.9. The molecule has 0 aliphatic heterocycles. The third kappa shape index (κ3) is 15.3. The van der Waals surface area contributed by atoms with Crippen LogP contribution in [0.2, 0.25) is 0 Å². The third-order valence-electron chi connectivity index (χ3n) is 8.16. The van der Waals surface area contributed by atoms with E-state index in [1.165, 1.54) is 0 Å². The third-order valence-corrected chi connectivity index (χ3v) is 8.16. The molecule has 0 aliphatic rings. The lowest BCUT2D eigenvalue weighted by atomic mass is 10.1. The predicted molar refractivity (Wildman–Crippen MR) is 208 cm³/mol. The molecule has 1 aromatic heterocycles. The van der Waals surface area contributed by atoms with Crippen LogP contribution in [0.15, 0.2) is 72.8 Å². The van der Waals surface area contributed by atoms with Crippen LogP contribution in [-0.4, -0.2) is 108 Å². The Hall–Kier alpha value is -4.17. The molecule has 4 rings (SSSR count). The number of nitrogens with zero attached hydrogens (tertiary/aromatic N) is 3. The fourth-order valence-corrected chi connectivity index (χ4v) is 4.98. The van der Waals surface area contributed by atoms with Crippen molar-refractivity contribution in [1.29, 1.82) is 0 Å². The number of ether oxygens (including phenoxy) is 6. The smallest absolute Gasteiger partial charge is 0.164 e. The summed E-state index contributed by atoms with van der Waals surface area (Å²) in [7, 11) is 0. The van der Waals surface area contributed by atoms with Gasteiger partial charge >= 0.3 is 0 Å². The van der Waals surface area contributed by atoms with Gasteiger partial charge in [-0.3, -0.25) is 0 Å². The van der Waals surface area contributed by atoms with E-state index in [2.05, 4.69) is 20.8 Å². The van der Waals surface area contributed by atoms with E-state index >= 15 is 0 Å². The molecule has 0 saturated carbocycles. The van der Waals surface area contributed by atoms with Crippen LogP contribution in [0.3, 0.4) is 0 Å². The van der Waals surface area contributed by atoms with Gasteiger partial charge in [0, 0.05) is 36.5 Å². The topological polar surface area (TPSA) is 155 Å². The van der Waals surface area contributed by atoms with Crippen molar-refractivity contribution in [3.05, 3.63) is 72.8 Å². The molecule has 3 unspecified atom stereocenters. The van der Waals surface area contributed by atoms with E-state index < -0.39 is 18.3 Å². The first-order valence-corrected chi connectivity index (χ1v) is 19.1. The van der Waals surface area contributed by atoms with E-state index in [4.69, 9.17) is 43.4 Å². The molecule has 3 N–H and O–H groups in total. The van der Waals surface area contributed by atoms with Crippen LogP contribution in [0.25, 0.3) is 34.2 Å². The summed E-state index contributed by atoms with van der Waals surface area (Å²) in [4.78, 5) is 14.5. The molecular formula is C42H57N3O9. The molecule has 0 saturated heterocycles. The Kier molecular flexibility index (Phi) is 19.1. The minimum absolute atomic E-state index is 0.113. The Morgan fingerprint density at radius 2 is 0.667 bits per heavy atom. The second kappa shape index (κ2) is 24.3. The van der Waals surface area contributed by atoms with Crippen molar-refractivity contribution in [2.75, 3.05) is 59.5 Å². The molecule has 294 valence electrons. The zero-order chi connectivity index (χ0) is 38.4. The van der Waals surface area contributed by atoms with Crippen LogP contribution in [0.5, 0.6) is 17.2 Å². The normalized spacial score (nSPS) is 13.0. The molecule has 0 amide bonds. The largest absolute Gasteiger partial charge is 0.491 e. The maximum Gasteiger partial charge on any atom is 0.164 e. The summed E-state index contributed by atoms with van der Waals surface area (Å²) in [5, 5.41) is 30.7. The SMILES string of the molecule is CCCCOCC(O)COc1ccc(-c2nc(-c3ccc(OCC(O)COCCCC)cc3)nc(-c3ccc(OCC(O)COCCCC)cc3)n2)cc1. The summed E-state index contributed by atoms with van der Waals surface area (Å²) in [6, 6.07) is 22.1. The average Bonchev–Trinajstić information content (AvgIpc) is 3.21. The molecule has 4 aromatic rings. The Labute approximate surface area is 319 Å². The van der Waals surface area contributed by atoms with Crippen molar-refractivity contribution in [1.82, 2.24) is 15.0 Å². The molecule has 12 nitrogen and oxygen atoms in total. The maximum absolute atomic E-state index is 10.2.